The zero-order chi connectivity index (χ0) is 9.42. The fourth-order valence-electron chi connectivity index (χ4n) is 1.67. The van der Waals surface area contributed by atoms with Gasteiger partial charge in [0.25, 0.3) is 0 Å². The molecule has 1 aliphatic rings. The van der Waals surface area contributed by atoms with Crippen LogP contribution >= 0.6 is 0 Å². The standard InChI is InChI=1S/C9H13N3O/c1-3-6-4-7(6)9(13)8-5-12(2)11-10-8/h5-7H,3-4H2,1-2H3. The summed E-state index contributed by atoms with van der Waals surface area (Å²) in [4.78, 5) is 11.7. The first-order valence-electron chi connectivity index (χ1n) is 4.63. The largest absolute Gasteiger partial charge is 0.292 e. The summed E-state index contributed by atoms with van der Waals surface area (Å²) in [5.41, 5.74) is 0.517. The van der Waals surface area contributed by atoms with Gasteiger partial charge in [-0.25, -0.2) is 0 Å². The Morgan fingerprint density at radius 1 is 1.77 bits per heavy atom. The van der Waals surface area contributed by atoms with Crippen molar-refractivity contribution in [2.24, 2.45) is 18.9 Å². The van der Waals surface area contributed by atoms with Gasteiger partial charge in [-0.3, -0.25) is 9.48 Å². The first kappa shape index (κ1) is 8.41. The van der Waals surface area contributed by atoms with E-state index in [2.05, 4.69) is 17.2 Å². The highest BCUT2D eigenvalue weighted by Gasteiger charge is 2.42. The molecule has 0 radical (unpaired) electrons. The Balaban J connectivity index is 2.07. The van der Waals surface area contributed by atoms with Gasteiger partial charge in [-0.1, -0.05) is 18.6 Å². The molecule has 70 valence electrons. The van der Waals surface area contributed by atoms with E-state index in [1.807, 2.05) is 0 Å². The summed E-state index contributed by atoms with van der Waals surface area (Å²) in [7, 11) is 1.77. The minimum absolute atomic E-state index is 0.167. The lowest BCUT2D eigenvalue weighted by Crippen LogP contribution is -2.03. The number of aryl methyl sites for hydroxylation is 1. The summed E-state index contributed by atoms with van der Waals surface area (Å²) < 4.78 is 1.57. The zero-order valence-electron chi connectivity index (χ0n) is 7.90. The summed E-state index contributed by atoms with van der Waals surface area (Å²) >= 11 is 0. The molecular weight excluding hydrogens is 166 g/mol. The van der Waals surface area contributed by atoms with E-state index in [9.17, 15) is 4.79 Å². The van der Waals surface area contributed by atoms with Gasteiger partial charge in [0.15, 0.2) is 5.78 Å². The fraction of sp³-hybridized carbons (Fsp3) is 0.667. The normalized spacial score (nSPS) is 26.0. The van der Waals surface area contributed by atoms with E-state index in [-0.39, 0.29) is 11.7 Å². The molecule has 4 heteroatoms. The lowest BCUT2D eigenvalue weighted by atomic mass is 10.1. The highest BCUT2D eigenvalue weighted by Crippen LogP contribution is 2.42. The molecule has 13 heavy (non-hydrogen) atoms. The predicted octanol–water partition coefficient (Wildman–Crippen LogP) is 1.04. The van der Waals surface area contributed by atoms with Crippen LogP contribution in [0, 0.1) is 11.8 Å². The van der Waals surface area contributed by atoms with Gasteiger partial charge in [0, 0.05) is 13.0 Å². The molecule has 0 saturated heterocycles. The van der Waals surface area contributed by atoms with Crippen molar-refractivity contribution in [2.75, 3.05) is 0 Å². The zero-order valence-corrected chi connectivity index (χ0v) is 7.90. The Morgan fingerprint density at radius 2 is 2.54 bits per heavy atom. The van der Waals surface area contributed by atoms with Crippen molar-refractivity contribution in [1.82, 2.24) is 15.0 Å². The Bertz CT molecular complexity index is 331. The second-order valence-corrected chi connectivity index (χ2v) is 3.65. The van der Waals surface area contributed by atoms with Crippen molar-refractivity contribution in [2.45, 2.75) is 19.8 Å². The molecular formula is C9H13N3O. The Hall–Kier alpha value is -1.19. The Kier molecular flexibility index (Phi) is 1.90. The van der Waals surface area contributed by atoms with Crippen LogP contribution in [0.4, 0.5) is 0 Å². The van der Waals surface area contributed by atoms with Gasteiger partial charge in [-0.05, 0) is 12.3 Å². The summed E-state index contributed by atoms with van der Waals surface area (Å²) in [6.45, 7) is 2.12. The molecule has 2 rings (SSSR count). The molecule has 1 heterocycles. The molecule has 0 aromatic carbocycles. The smallest absolute Gasteiger partial charge is 0.188 e. The van der Waals surface area contributed by atoms with Crippen molar-refractivity contribution in [3.8, 4) is 0 Å². The van der Waals surface area contributed by atoms with Gasteiger partial charge in [0.2, 0.25) is 0 Å². The van der Waals surface area contributed by atoms with E-state index in [0.29, 0.717) is 11.6 Å². The van der Waals surface area contributed by atoms with Crippen molar-refractivity contribution in [3.05, 3.63) is 11.9 Å². The lowest BCUT2D eigenvalue weighted by Gasteiger charge is -1.91. The maximum Gasteiger partial charge on any atom is 0.188 e. The number of carbonyl (C=O) groups excluding carboxylic acids is 1. The summed E-state index contributed by atoms with van der Waals surface area (Å²) in [6, 6.07) is 0. The third kappa shape index (κ3) is 1.48. The van der Waals surface area contributed by atoms with Gasteiger partial charge < -0.3 is 0 Å². The molecule has 2 atom stereocenters. The van der Waals surface area contributed by atoms with E-state index in [0.717, 1.165) is 12.8 Å². The first-order valence-corrected chi connectivity index (χ1v) is 4.63. The number of carbonyl (C=O) groups is 1. The topological polar surface area (TPSA) is 47.8 Å². The molecule has 1 aliphatic carbocycles. The van der Waals surface area contributed by atoms with Crippen LogP contribution in [0.3, 0.4) is 0 Å². The fourth-order valence-corrected chi connectivity index (χ4v) is 1.67. The molecule has 1 aromatic rings. The average molecular weight is 179 g/mol. The molecule has 1 aromatic heterocycles. The maximum atomic E-state index is 11.7. The van der Waals surface area contributed by atoms with Gasteiger partial charge in [-0.2, -0.15) is 0 Å². The monoisotopic (exact) mass is 179 g/mol. The second kappa shape index (κ2) is 2.94. The van der Waals surface area contributed by atoms with E-state index >= 15 is 0 Å². The third-order valence-electron chi connectivity index (χ3n) is 2.64. The van der Waals surface area contributed by atoms with Crippen LogP contribution in [0.25, 0.3) is 0 Å². The minimum Gasteiger partial charge on any atom is -0.292 e. The van der Waals surface area contributed by atoms with Gasteiger partial charge in [0.1, 0.15) is 5.69 Å². The maximum absolute atomic E-state index is 11.7. The molecule has 0 spiro atoms. The molecule has 1 saturated carbocycles. The quantitative estimate of drug-likeness (QED) is 0.651. The lowest BCUT2D eigenvalue weighted by molar-refractivity contribution is 0.0956. The van der Waals surface area contributed by atoms with Crippen LogP contribution in [0.15, 0.2) is 6.20 Å². The highest BCUT2D eigenvalue weighted by atomic mass is 16.1. The predicted molar refractivity (Wildman–Crippen MR) is 47.2 cm³/mol. The van der Waals surface area contributed by atoms with Gasteiger partial charge in [-0.15, -0.1) is 5.10 Å². The first-order chi connectivity index (χ1) is 6.22. The van der Waals surface area contributed by atoms with Crippen LogP contribution in [-0.2, 0) is 7.05 Å². The van der Waals surface area contributed by atoms with Crippen LogP contribution < -0.4 is 0 Å². The number of hydrogen-bond donors (Lipinski definition) is 0. The molecule has 0 bridgehead atoms. The van der Waals surface area contributed by atoms with E-state index < -0.39 is 0 Å². The average Bonchev–Trinajstić information content (AvgIpc) is 2.80. The number of ketones is 1. The number of Topliss-reactive ketones (excluding diaryl/α,β-unsaturated/α-hetero) is 1. The van der Waals surface area contributed by atoms with Gasteiger partial charge >= 0.3 is 0 Å². The third-order valence-corrected chi connectivity index (χ3v) is 2.64. The Labute approximate surface area is 76.9 Å². The number of nitrogens with zero attached hydrogens (tertiary/aromatic N) is 3. The summed E-state index contributed by atoms with van der Waals surface area (Å²) in [5, 5.41) is 7.55. The van der Waals surface area contributed by atoms with Crippen molar-refractivity contribution >= 4 is 5.78 Å². The number of aromatic nitrogens is 3. The van der Waals surface area contributed by atoms with E-state index in [1.165, 1.54) is 0 Å². The van der Waals surface area contributed by atoms with Crippen LogP contribution in [0.2, 0.25) is 0 Å². The minimum atomic E-state index is 0.167. The van der Waals surface area contributed by atoms with Crippen molar-refractivity contribution in [1.29, 1.82) is 0 Å². The number of hydrogen-bond acceptors (Lipinski definition) is 3. The van der Waals surface area contributed by atoms with Crippen LogP contribution in [0.1, 0.15) is 30.3 Å². The summed E-state index contributed by atoms with van der Waals surface area (Å²) in [6.07, 6.45) is 3.82. The van der Waals surface area contributed by atoms with Crippen LogP contribution in [0.5, 0.6) is 0 Å². The molecule has 2 unspecified atom stereocenters. The SMILES string of the molecule is CCC1CC1C(=O)c1cn(C)nn1. The van der Waals surface area contributed by atoms with E-state index in [4.69, 9.17) is 0 Å². The number of rotatable bonds is 3. The summed E-state index contributed by atoms with van der Waals surface area (Å²) in [5.74, 6) is 0.983. The molecule has 0 amide bonds. The van der Waals surface area contributed by atoms with Crippen molar-refractivity contribution in [3.63, 3.8) is 0 Å². The molecule has 0 N–H and O–H groups in total. The van der Waals surface area contributed by atoms with Crippen molar-refractivity contribution < 1.29 is 4.79 Å². The second-order valence-electron chi connectivity index (χ2n) is 3.65. The molecule has 1 fully saturated rings. The molecule has 4 nitrogen and oxygen atoms in total. The van der Waals surface area contributed by atoms with Crippen LogP contribution in [-0.4, -0.2) is 20.8 Å². The van der Waals surface area contributed by atoms with E-state index in [1.54, 1.807) is 17.9 Å². The van der Waals surface area contributed by atoms with Gasteiger partial charge in [0.05, 0.1) is 6.20 Å². The molecule has 0 aliphatic heterocycles. The Morgan fingerprint density at radius 3 is 3.00 bits per heavy atom. The highest BCUT2D eigenvalue weighted by molar-refractivity contribution is 5.97.